The lowest BCUT2D eigenvalue weighted by Crippen LogP contribution is -2.46. The Labute approximate surface area is 102 Å². The SMILES string of the molecule is COc1cc(N2CCCC(C)(O)C2)ccc1N. The fraction of sp³-hybridized carbons (Fsp3) is 0.538. The molecule has 1 aliphatic heterocycles. The van der Waals surface area contributed by atoms with Crippen molar-refractivity contribution in [3.05, 3.63) is 18.2 Å². The van der Waals surface area contributed by atoms with Gasteiger partial charge in [-0.2, -0.15) is 0 Å². The first-order valence-corrected chi connectivity index (χ1v) is 5.93. The first-order valence-electron chi connectivity index (χ1n) is 5.93. The molecular formula is C13H20N2O2. The van der Waals surface area contributed by atoms with Crippen LogP contribution < -0.4 is 15.4 Å². The van der Waals surface area contributed by atoms with Crippen molar-refractivity contribution in [2.45, 2.75) is 25.4 Å². The van der Waals surface area contributed by atoms with Crippen LogP contribution in [0.1, 0.15) is 19.8 Å². The highest BCUT2D eigenvalue weighted by Crippen LogP contribution is 2.31. The van der Waals surface area contributed by atoms with Gasteiger partial charge in [0.05, 0.1) is 18.4 Å². The number of nitrogens with zero attached hydrogens (tertiary/aromatic N) is 1. The van der Waals surface area contributed by atoms with E-state index < -0.39 is 5.60 Å². The number of benzene rings is 1. The summed E-state index contributed by atoms with van der Waals surface area (Å²) in [4.78, 5) is 2.17. The Morgan fingerprint density at radius 2 is 2.24 bits per heavy atom. The summed E-state index contributed by atoms with van der Waals surface area (Å²) in [6, 6.07) is 5.74. The minimum absolute atomic E-state index is 0.604. The third-order valence-electron chi connectivity index (χ3n) is 3.26. The number of methoxy groups -OCH3 is 1. The molecule has 4 nitrogen and oxygen atoms in total. The lowest BCUT2D eigenvalue weighted by Gasteiger charge is -2.38. The lowest BCUT2D eigenvalue weighted by atomic mass is 9.95. The van der Waals surface area contributed by atoms with Crippen LogP contribution in [0.3, 0.4) is 0 Å². The summed E-state index contributed by atoms with van der Waals surface area (Å²) in [5.41, 5.74) is 6.88. The number of aliphatic hydroxyl groups is 1. The minimum atomic E-state index is -0.604. The summed E-state index contributed by atoms with van der Waals surface area (Å²) in [7, 11) is 1.61. The summed E-state index contributed by atoms with van der Waals surface area (Å²) in [6.07, 6.45) is 1.86. The van der Waals surface area contributed by atoms with E-state index in [2.05, 4.69) is 4.90 Å². The van der Waals surface area contributed by atoms with Gasteiger partial charge >= 0.3 is 0 Å². The molecule has 1 saturated heterocycles. The molecule has 0 radical (unpaired) electrons. The van der Waals surface area contributed by atoms with Crippen LogP contribution in [-0.4, -0.2) is 30.9 Å². The van der Waals surface area contributed by atoms with Crippen LogP contribution in [0, 0.1) is 0 Å². The van der Waals surface area contributed by atoms with Crippen LogP contribution in [0.4, 0.5) is 11.4 Å². The van der Waals surface area contributed by atoms with Gasteiger partial charge in [0, 0.05) is 24.8 Å². The zero-order valence-electron chi connectivity index (χ0n) is 10.4. The van der Waals surface area contributed by atoms with E-state index in [0.717, 1.165) is 25.1 Å². The molecule has 1 atom stereocenters. The number of anilines is 2. The average molecular weight is 236 g/mol. The van der Waals surface area contributed by atoms with Crippen LogP contribution in [-0.2, 0) is 0 Å². The summed E-state index contributed by atoms with van der Waals surface area (Å²) in [6.45, 7) is 3.50. The van der Waals surface area contributed by atoms with Crippen molar-refractivity contribution in [1.82, 2.24) is 0 Å². The number of rotatable bonds is 2. The van der Waals surface area contributed by atoms with E-state index in [1.54, 1.807) is 7.11 Å². The number of ether oxygens (including phenoxy) is 1. The third kappa shape index (κ3) is 2.64. The van der Waals surface area contributed by atoms with Gasteiger partial charge in [0.1, 0.15) is 5.75 Å². The van der Waals surface area contributed by atoms with E-state index in [9.17, 15) is 5.11 Å². The maximum atomic E-state index is 10.1. The van der Waals surface area contributed by atoms with Crippen LogP contribution >= 0.6 is 0 Å². The highest BCUT2D eigenvalue weighted by atomic mass is 16.5. The first kappa shape index (κ1) is 12.0. The van der Waals surface area contributed by atoms with Crippen LogP contribution in [0.15, 0.2) is 18.2 Å². The van der Waals surface area contributed by atoms with Gasteiger partial charge in [-0.3, -0.25) is 0 Å². The van der Waals surface area contributed by atoms with Crippen LogP contribution in [0.5, 0.6) is 5.75 Å². The second kappa shape index (κ2) is 4.45. The van der Waals surface area contributed by atoms with Crippen molar-refractivity contribution in [2.75, 3.05) is 30.8 Å². The van der Waals surface area contributed by atoms with Gasteiger partial charge in [0.15, 0.2) is 0 Å². The molecule has 1 aromatic rings. The molecule has 94 valence electrons. The van der Waals surface area contributed by atoms with Crippen molar-refractivity contribution in [3.8, 4) is 5.75 Å². The second-order valence-electron chi connectivity index (χ2n) is 4.95. The summed E-state index contributed by atoms with van der Waals surface area (Å²) in [5, 5.41) is 10.1. The van der Waals surface area contributed by atoms with Gasteiger partial charge in [-0.05, 0) is 31.9 Å². The molecule has 1 aliphatic rings. The molecule has 4 heteroatoms. The highest BCUT2D eigenvalue weighted by molar-refractivity contribution is 5.62. The largest absolute Gasteiger partial charge is 0.495 e. The molecule has 3 N–H and O–H groups in total. The third-order valence-corrected chi connectivity index (χ3v) is 3.26. The van der Waals surface area contributed by atoms with Gasteiger partial charge < -0.3 is 20.5 Å². The monoisotopic (exact) mass is 236 g/mol. The summed E-state index contributed by atoms with van der Waals surface area (Å²) in [5.74, 6) is 0.688. The molecule has 0 aromatic heterocycles. The molecular weight excluding hydrogens is 216 g/mol. The van der Waals surface area contributed by atoms with Crippen molar-refractivity contribution >= 4 is 11.4 Å². The van der Waals surface area contributed by atoms with E-state index >= 15 is 0 Å². The highest BCUT2D eigenvalue weighted by Gasteiger charge is 2.28. The molecule has 0 bridgehead atoms. The zero-order valence-corrected chi connectivity index (χ0v) is 10.4. The minimum Gasteiger partial charge on any atom is -0.495 e. The van der Waals surface area contributed by atoms with E-state index in [4.69, 9.17) is 10.5 Å². The molecule has 17 heavy (non-hydrogen) atoms. The summed E-state index contributed by atoms with van der Waals surface area (Å²) < 4.78 is 5.21. The van der Waals surface area contributed by atoms with E-state index in [1.165, 1.54) is 0 Å². The first-order chi connectivity index (χ1) is 8.02. The molecule has 1 unspecified atom stereocenters. The number of hydrogen-bond donors (Lipinski definition) is 2. The Morgan fingerprint density at radius 3 is 2.88 bits per heavy atom. The number of β-amino-alcohol motifs (C(OH)–C–C–N with tert-alkyl or cyclic N) is 1. The van der Waals surface area contributed by atoms with Gasteiger partial charge in [0.25, 0.3) is 0 Å². The van der Waals surface area contributed by atoms with Crippen molar-refractivity contribution in [1.29, 1.82) is 0 Å². The number of nitrogen functional groups attached to an aromatic ring is 1. The molecule has 1 heterocycles. The van der Waals surface area contributed by atoms with E-state index in [0.29, 0.717) is 18.0 Å². The van der Waals surface area contributed by atoms with Crippen molar-refractivity contribution in [2.24, 2.45) is 0 Å². The number of piperidine rings is 1. The lowest BCUT2D eigenvalue weighted by molar-refractivity contribution is 0.0449. The maximum absolute atomic E-state index is 10.1. The predicted octanol–water partition coefficient (Wildman–Crippen LogP) is 1.63. The fourth-order valence-electron chi connectivity index (χ4n) is 2.34. The molecule has 1 fully saturated rings. The Hall–Kier alpha value is -1.42. The molecule has 0 spiro atoms. The molecule has 1 aromatic carbocycles. The van der Waals surface area contributed by atoms with Crippen molar-refractivity contribution in [3.63, 3.8) is 0 Å². The van der Waals surface area contributed by atoms with Gasteiger partial charge in [-0.25, -0.2) is 0 Å². The molecule has 0 saturated carbocycles. The Morgan fingerprint density at radius 1 is 1.47 bits per heavy atom. The quantitative estimate of drug-likeness (QED) is 0.766. The topological polar surface area (TPSA) is 58.7 Å². The van der Waals surface area contributed by atoms with E-state index in [-0.39, 0.29) is 0 Å². The standard InChI is InChI=1S/C13H20N2O2/c1-13(16)6-3-7-15(9-13)10-4-5-11(14)12(8-10)17-2/h4-5,8,16H,3,6-7,9,14H2,1-2H3. The zero-order chi connectivity index (χ0) is 12.5. The Kier molecular flexibility index (Phi) is 3.15. The van der Waals surface area contributed by atoms with Crippen LogP contribution in [0.2, 0.25) is 0 Å². The second-order valence-corrected chi connectivity index (χ2v) is 4.95. The van der Waals surface area contributed by atoms with Gasteiger partial charge in [-0.1, -0.05) is 0 Å². The van der Waals surface area contributed by atoms with Gasteiger partial charge in [-0.15, -0.1) is 0 Å². The van der Waals surface area contributed by atoms with E-state index in [1.807, 2.05) is 25.1 Å². The maximum Gasteiger partial charge on any atom is 0.143 e. The Balaban J connectivity index is 2.22. The molecule has 0 aliphatic carbocycles. The average Bonchev–Trinajstić information content (AvgIpc) is 2.28. The fourth-order valence-corrected chi connectivity index (χ4v) is 2.34. The van der Waals surface area contributed by atoms with Crippen LogP contribution in [0.25, 0.3) is 0 Å². The van der Waals surface area contributed by atoms with Gasteiger partial charge in [0.2, 0.25) is 0 Å². The normalized spacial score (nSPS) is 24.8. The number of nitrogens with two attached hydrogens (primary N) is 1. The smallest absolute Gasteiger partial charge is 0.143 e. The summed E-state index contributed by atoms with van der Waals surface area (Å²) >= 11 is 0. The molecule has 2 rings (SSSR count). The number of hydrogen-bond acceptors (Lipinski definition) is 4. The Bertz CT molecular complexity index is 404. The predicted molar refractivity (Wildman–Crippen MR) is 69.5 cm³/mol. The molecule has 0 amide bonds. The van der Waals surface area contributed by atoms with Crippen molar-refractivity contribution < 1.29 is 9.84 Å².